The molecule has 2 aliphatic heterocycles. The lowest BCUT2D eigenvalue weighted by Crippen LogP contribution is -2.44. The van der Waals surface area contributed by atoms with Gasteiger partial charge in [-0.05, 0) is 13.8 Å². The van der Waals surface area contributed by atoms with Crippen LogP contribution in [0.1, 0.15) is 13.8 Å². The van der Waals surface area contributed by atoms with Gasteiger partial charge in [0, 0.05) is 50.8 Å². The number of nitrogens with zero attached hydrogens (tertiary/aromatic N) is 7. The number of nitrogens with one attached hydrogen (secondary N) is 1. The zero-order valence-electron chi connectivity index (χ0n) is 16.8. The third-order valence-electron chi connectivity index (χ3n) is 5.19. The lowest BCUT2D eigenvalue weighted by atomic mass is 10.3. The maximum Gasteiger partial charge on any atom is 0.228 e. The largest absolute Gasteiger partial charge is 0.374 e. The van der Waals surface area contributed by atoms with Crippen molar-refractivity contribution in [1.29, 1.82) is 0 Å². The Hall–Kier alpha value is -1.95. The minimum absolute atomic E-state index is 0.409. The van der Waals surface area contributed by atoms with E-state index in [0.29, 0.717) is 22.8 Å². The van der Waals surface area contributed by atoms with Gasteiger partial charge in [-0.2, -0.15) is 16.7 Å². The fraction of sp³-hybridized carbons (Fsp3) is 0.667. The van der Waals surface area contributed by atoms with Crippen molar-refractivity contribution in [2.75, 3.05) is 65.5 Å². The van der Waals surface area contributed by atoms with Crippen LogP contribution >= 0.6 is 11.8 Å². The van der Waals surface area contributed by atoms with Crippen molar-refractivity contribution >= 4 is 40.4 Å². The summed E-state index contributed by atoms with van der Waals surface area (Å²) >= 11 is 1.94. The topological polar surface area (TPSA) is 114 Å². The summed E-state index contributed by atoms with van der Waals surface area (Å²) in [6.07, 6.45) is -0.410. The molecule has 10 nitrogen and oxygen atoms in total. The Morgan fingerprint density at radius 1 is 0.966 bits per heavy atom. The number of thioether (sulfide) groups is 1. The van der Waals surface area contributed by atoms with Crippen LogP contribution in [0.3, 0.4) is 0 Å². The van der Waals surface area contributed by atoms with E-state index in [2.05, 4.69) is 25.1 Å². The normalized spacial score (nSPS) is 20.0. The summed E-state index contributed by atoms with van der Waals surface area (Å²) in [6.45, 7) is 8.39. The highest BCUT2D eigenvalue weighted by atomic mass is 32.2. The van der Waals surface area contributed by atoms with Crippen molar-refractivity contribution in [3.8, 4) is 0 Å². The number of aromatic nitrogens is 4. The summed E-state index contributed by atoms with van der Waals surface area (Å²) in [5.41, 5.74) is 1.19. The van der Waals surface area contributed by atoms with E-state index in [-0.39, 0.29) is 0 Å². The van der Waals surface area contributed by atoms with Gasteiger partial charge in [0.05, 0.1) is 0 Å². The third kappa shape index (κ3) is 4.18. The fourth-order valence-electron chi connectivity index (χ4n) is 3.77. The lowest BCUT2D eigenvalue weighted by Gasteiger charge is -2.33. The number of piperazine rings is 1. The molecular formula is C18H28N8O2S. The van der Waals surface area contributed by atoms with Crippen molar-refractivity contribution in [1.82, 2.24) is 25.3 Å². The molecule has 2 aromatic rings. The van der Waals surface area contributed by atoms with E-state index in [0.717, 1.165) is 56.6 Å². The van der Waals surface area contributed by atoms with Crippen LogP contribution < -0.4 is 20.0 Å². The lowest BCUT2D eigenvalue weighted by molar-refractivity contribution is 0.104. The molecule has 0 amide bonds. The van der Waals surface area contributed by atoms with Gasteiger partial charge in [-0.3, -0.25) is 0 Å². The summed E-state index contributed by atoms with van der Waals surface area (Å²) in [5.74, 6) is 3.93. The van der Waals surface area contributed by atoms with E-state index in [1.165, 1.54) is 11.2 Å². The molecule has 2 atom stereocenters. The molecule has 4 rings (SSSR count). The maximum absolute atomic E-state index is 10.3. The Balaban J connectivity index is 1.89. The molecule has 0 radical (unpaired) electrons. The second-order valence-electron chi connectivity index (χ2n) is 7.25. The van der Waals surface area contributed by atoms with Crippen LogP contribution in [0.5, 0.6) is 0 Å². The molecule has 3 N–H and O–H groups in total. The van der Waals surface area contributed by atoms with Crippen LogP contribution in [0.4, 0.5) is 17.6 Å². The Morgan fingerprint density at radius 3 is 2.31 bits per heavy atom. The van der Waals surface area contributed by atoms with Crippen LogP contribution in [0.15, 0.2) is 6.33 Å². The molecule has 2 fully saturated rings. The van der Waals surface area contributed by atoms with Crippen LogP contribution in [-0.2, 0) is 0 Å². The quantitative estimate of drug-likeness (QED) is 0.562. The molecule has 2 aliphatic rings. The highest BCUT2D eigenvalue weighted by molar-refractivity contribution is 7.99. The molecule has 0 bridgehead atoms. The zero-order chi connectivity index (χ0) is 20.4. The van der Waals surface area contributed by atoms with Crippen LogP contribution in [0.2, 0.25) is 0 Å². The monoisotopic (exact) mass is 420 g/mol. The molecule has 2 unspecified atom stereocenters. The average Bonchev–Trinajstić information content (AvgIpc) is 2.74. The van der Waals surface area contributed by atoms with Gasteiger partial charge in [0.1, 0.15) is 29.8 Å². The Kier molecular flexibility index (Phi) is 6.18. The second-order valence-corrected chi connectivity index (χ2v) is 8.47. The van der Waals surface area contributed by atoms with Gasteiger partial charge in [0.2, 0.25) is 5.95 Å². The maximum atomic E-state index is 10.3. The molecule has 158 valence electrons. The first-order chi connectivity index (χ1) is 14.1. The highest BCUT2D eigenvalue weighted by Gasteiger charge is 2.27. The van der Waals surface area contributed by atoms with E-state index in [1.54, 1.807) is 13.8 Å². The van der Waals surface area contributed by atoms with Gasteiger partial charge in [-0.15, -0.1) is 0 Å². The highest BCUT2D eigenvalue weighted by Crippen LogP contribution is 2.32. The van der Waals surface area contributed by atoms with Crippen molar-refractivity contribution in [3.63, 3.8) is 0 Å². The van der Waals surface area contributed by atoms with Gasteiger partial charge < -0.3 is 30.2 Å². The van der Waals surface area contributed by atoms with Gasteiger partial charge in [-0.25, -0.2) is 15.0 Å². The molecule has 0 aliphatic carbocycles. The molecule has 29 heavy (non-hydrogen) atoms. The first kappa shape index (κ1) is 20.3. The van der Waals surface area contributed by atoms with E-state index < -0.39 is 12.5 Å². The Morgan fingerprint density at radius 2 is 1.66 bits per heavy atom. The SMILES string of the molecule is CC(O)N(c1ncnc2c(N3CCSCC3)nc(N3CCNCC3)nc12)C(C)O. The zero-order valence-corrected chi connectivity index (χ0v) is 17.6. The van der Waals surface area contributed by atoms with E-state index in [1.807, 2.05) is 11.8 Å². The van der Waals surface area contributed by atoms with Gasteiger partial charge in [-0.1, -0.05) is 0 Å². The van der Waals surface area contributed by atoms with Gasteiger partial charge in [0.25, 0.3) is 0 Å². The summed E-state index contributed by atoms with van der Waals surface area (Å²) in [5, 5.41) is 23.9. The molecule has 2 aromatic heterocycles. The molecule has 11 heteroatoms. The minimum Gasteiger partial charge on any atom is -0.374 e. The van der Waals surface area contributed by atoms with E-state index >= 15 is 0 Å². The summed E-state index contributed by atoms with van der Waals surface area (Å²) in [4.78, 5) is 24.4. The van der Waals surface area contributed by atoms with E-state index in [4.69, 9.17) is 9.97 Å². The number of hydrogen-bond donors (Lipinski definition) is 3. The summed E-state index contributed by atoms with van der Waals surface area (Å²) in [7, 11) is 0. The fourth-order valence-corrected chi connectivity index (χ4v) is 4.67. The number of aliphatic hydroxyl groups excluding tert-OH is 2. The van der Waals surface area contributed by atoms with Gasteiger partial charge in [0.15, 0.2) is 11.6 Å². The van der Waals surface area contributed by atoms with Crippen molar-refractivity contribution < 1.29 is 10.2 Å². The predicted molar refractivity (Wildman–Crippen MR) is 116 cm³/mol. The number of fused-ring (bicyclic) bond motifs is 1. The molecule has 0 aromatic carbocycles. The summed E-state index contributed by atoms with van der Waals surface area (Å²) in [6, 6.07) is 0. The standard InChI is InChI=1S/C18H28N8O2S/c1-12(27)26(13(2)28)16-15-14(20-11-21-16)17(24-7-9-29-10-8-24)23-18(22-15)25-5-3-19-4-6-25/h11-13,19,27-28H,3-10H2,1-2H3. The first-order valence-electron chi connectivity index (χ1n) is 10.0. The smallest absolute Gasteiger partial charge is 0.228 e. The molecule has 2 saturated heterocycles. The molecule has 4 heterocycles. The number of aliphatic hydroxyl groups is 2. The molecular weight excluding hydrogens is 392 g/mol. The number of hydrogen-bond acceptors (Lipinski definition) is 11. The van der Waals surface area contributed by atoms with Crippen molar-refractivity contribution in [2.24, 2.45) is 0 Å². The first-order valence-corrected chi connectivity index (χ1v) is 11.2. The van der Waals surface area contributed by atoms with Crippen LogP contribution in [0.25, 0.3) is 11.0 Å². The molecule has 0 saturated carbocycles. The van der Waals surface area contributed by atoms with Crippen LogP contribution in [-0.4, -0.2) is 93.4 Å². The Bertz CT molecular complexity index is 832. The molecule has 0 spiro atoms. The van der Waals surface area contributed by atoms with Gasteiger partial charge >= 0.3 is 0 Å². The second kappa shape index (κ2) is 8.82. The minimum atomic E-state index is -0.930. The van der Waals surface area contributed by atoms with E-state index in [9.17, 15) is 10.2 Å². The summed E-state index contributed by atoms with van der Waals surface area (Å²) < 4.78 is 0. The third-order valence-corrected chi connectivity index (χ3v) is 6.14. The average molecular weight is 421 g/mol. The Labute approximate surface area is 174 Å². The number of rotatable bonds is 5. The van der Waals surface area contributed by atoms with Crippen molar-refractivity contribution in [2.45, 2.75) is 26.3 Å². The number of anilines is 3. The predicted octanol–water partition coefficient (Wildman–Crippen LogP) is -0.134. The van der Waals surface area contributed by atoms with Crippen molar-refractivity contribution in [3.05, 3.63) is 6.33 Å². The van der Waals surface area contributed by atoms with Crippen LogP contribution in [0, 0.1) is 0 Å².